The topological polar surface area (TPSA) is 81.7 Å². The molecule has 0 aromatic heterocycles. The lowest BCUT2D eigenvalue weighted by atomic mass is 10.1. The van der Waals surface area contributed by atoms with Crippen molar-refractivity contribution in [1.82, 2.24) is 19.8 Å². The zero-order chi connectivity index (χ0) is 24.6. The Balaban J connectivity index is 1.32. The molecule has 0 unspecified atom stereocenters. The molecule has 0 atom stereocenters. The van der Waals surface area contributed by atoms with Crippen LogP contribution in [0.5, 0.6) is 0 Å². The minimum atomic E-state index is -3.60. The van der Waals surface area contributed by atoms with E-state index in [1.165, 1.54) is 17.7 Å². The predicted octanol–water partition coefficient (Wildman–Crippen LogP) is 3.09. The molecular formula is C26H38N4O3S. The maximum absolute atomic E-state index is 12.4. The molecule has 0 radical (unpaired) electrons. The maximum atomic E-state index is 12.4. The van der Waals surface area contributed by atoms with Crippen molar-refractivity contribution < 1.29 is 13.2 Å². The van der Waals surface area contributed by atoms with E-state index in [2.05, 4.69) is 50.2 Å². The summed E-state index contributed by atoms with van der Waals surface area (Å²) in [6, 6.07) is 16.7. The summed E-state index contributed by atoms with van der Waals surface area (Å²) in [6.07, 6.45) is 1.95. The number of hydrogen-bond acceptors (Lipinski definition) is 5. The summed E-state index contributed by atoms with van der Waals surface area (Å²) < 4.78 is 27.4. The van der Waals surface area contributed by atoms with Gasteiger partial charge in [0, 0.05) is 50.4 Å². The molecule has 186 valence electrons. The van der Waals surface area contributed by atoms with Gasteiger partial charge in [0.2, 0.25) is 10.0 Å². The molecule has 1 heterocycles. The van der Waals surface area contributed by atoms with E-state index in [1.807, 2.05) is 0 Å². The number of sulfonamides is 1. The number of amides is 1. The van der Waals surface area contributed by atoms with Gasteiger partial charge in [0.15, 0.2) is 0 Å². The first kappa shape index (κ1) is 26.3. The van der Waals surface area contributed by atoms with E-state index in [4.69, 9.17) is 0 Å². The van der Waals surface area contributed by atoms with Gasteiger partial charge in [-0.2, -0.15) is 0 Å². The fourth-order valence-corrected chi connectivity index (χ4v) is 5.44. The van der Waals surface area contributed by atoms with Crippen molar-refractivity contribution in [2.75, 3.05) is 39.3 Å². The van der Waals surface area contributed by atoms with E-state index in [0.29, 0.717) is 12.1 Å². The molecule has 8 heteroatoms. The van der Waals surface area contributed by atoms with Gasteiger partial charge in [-0.05, 0) is 70.0 Å². The summed E-state index contributed by atoms with van der Waals surface area (Å²) in [5.74, 6) is -0.178. The highest BCUT2D eigenvalue weighted by molar-refractivity contribution is 7.89. The Morgan fingerprint density at radius 3 is 2.12 bits per heavy atom. The molecule has 1 fully saturated rings. The second-order valence-corrected chi connectivity index (χ2v) is 11.6. The summed E-state index contributed by atoms with van der Waals surface area (Å²) >= 11 is 0. The summed E-state index contributed by atoms with van der Waals surface area (Å²) in [5.41, 5.74) is 1.26. The number of hydrogen-bond donors (Lipinski definition) is 2. The number of nitrogens with one attached hydrogen (secondary N) is 2. The third kappa shape index (κ3) is 8.51. The maximum Gasteiger partial charge on any atom is 0.251 e. The molecule has 1 aliphatic rings. The summed E-state index contributed by atoms with van der Waals surface area (Å²) in [6.45, 7) is 12.4. The SMILES string of the molecule is CC(C)(C)NS(=O)(=O)c1ccc(C(=O)NCCCCN2CCN(Cc3ccccc3)CC2)cc1. The van der Waals surface area contributed by atoms with Crippen molar-refractivity contribution in [2.24, 2.45) is 0 Å². The van der Waals surface area contributed by atoms with Crippen LogP contribution in [0.1, 0.15) is 49.5 Å². The smallest absolute Gasteiger partial charge is 0.251 e. The van der Waals surface area contributed by atoms with Crippen molar-refractivity contribution in [1.29, 1.82) is 0 Å². The van der Waals surface area contributed by atoms with Crippen molar-refractivity contribution in [3.05, 3.63) is 65.7 Å². The third-order valence-electron chi connectivity index (χ3n) is 5.77. The Kier molecular flexibility index (Phi) is 9.24. The van der Waals surface area contributed by atoms with Crippen LogP contribution in [-0.2, 0) is 16.6 Å². The van der Waals surface area contributed by atoms with Crippen molar-refractivity contribution >= 4 is 15.9 Å². The average Bonchev–Trinajstić information content (AvgIpc) is 2.79. The zero-order valence-corrected chi connectivity index (χ0v) is 21.4. The van der Waals surface area contributed by atoms with Gasteiger partial charge in [0.1, 0.15) is 0 Å². The number of nitrogens with zero attached hydrogens (tertiary/aromatic N) is 2. The Morgan fingerprint density at radius 2 is 1.50 bits per heavy atom. The van der Waals surface area contributed by atoms with Gasteiger partial charge in [0.25, 0.3) is 5.91 Å². The molecule has 7 nitrogen and oxygen atoms in total. The average molecular weight is 487 g/mol. The lowest BCUT2D eigenvalue weighted by molar-refractivity contribution is 0.0951. The van der Waals surface area contributed by atoms with Crippen LogP contribution in [0.25, 0.3) is 0 Å². The van der Waals surface area contributed by atoms with E-state index in [0.717, 1.165) is 52.1 Å². The molecule has 1 saturated heterocycles. The van der Waals surface area contributed by atoms with Crippen LogP contribution in [0, 0.1) is 0 Å². The Bertz CT molecular complexity index is 1010. The first-order valence-electron chi connectivity index (χ1n) is 12.0. The molecule has 0 saturated carbocycles. The zero-order valence-electron chi connectivity index (χ0n) is 20.6. The first-order valence-corrected chi connectivity index (χ1v) is 13.5. The van der Waals surface area contributed by atoms with Crippen LogP contribution in [0.3, 0.4) is 0 Å². The van der Waals surface area contributed by atoms with Gasteiger partial charge < -0.3 is 10.2 Å². The fraction of sp³-hybridized carbons (Fsp3) is 0.500. The minimum Gasteiger partial charge on any atom is -0.352 e. The molecule has 34 heavy (non-hydrogen) atoms. The molecule has 0 aliphatic carbocycles. The van der Waals surface area contributed by atoms with Crippen LogP contribution < -0.4 is 10.0 Å². The summed E-state index contributed by atoms with van der Waals surface area (Å²) in [5, 5.41) is 2.94. The monoisotopic (exact) mass is 486 g/mol. The Labute approximate surface area is 204 Å². The van der Waals surface area contributed by atoms with Crippen molar-refractivity contribution in [3.8, 4) is 0 Å². The van der Waals surface area contributed by atoms with Crippen LogP contribution in [0.15, 0.2) is 59.5 Å². The molecule has 2 aromatic carbocycles. The van der Waals surface area contributed by atoms with Gasteiger partial charge in [-0.1, -0.05) is 30.3 Å². The molecule has 0 bridgehead atoms. The van der Waals surface area contributed by atoms with E-state index >= 15 is 0 Å². The van der Waals surface area contributed by atoms with Gasteiger partial charge in [-0.15, -0.1) is 0 Å². The molecule has 1 aliphatic heterocycles. The standard InChI is InChI=1S/C26H38N4O3S/c1-26(2,3)28-34(32,33)24-13-11-23(12-14-24)25(31)27-15-7-8-16-29-17-19-30(20-18-29)21-22-9-5-4-6-10-22/h4-6,9-14,28H,7-8,15-21H2,1-3H3,(H,27,31). The second kappa shape index (κ2) is 11.9. The lowest BCUT2D eigenvalue weighted by Gasteiger charge is -2.34. The Morgan fingerprint density at radius 1 is 0.882 bits per heavy atom. The number of benzene rings is 2. The highest BCUT2D eigenvalue weighted by atomic mass is 32.2. The van der Waals surface area contributed by atoms with Crippen molar-refractivity contribution in [3.63, 3.8) is 0 Å². The van der Waals surface area contributed by atoms with E-state index in [1.54, 1.807) is 32.9 Å². The first-order chi connectivity index (χ1) is 16.1. The van der Waals surface area contributed by atoms with Crippen LogP contribution >= 0.6 is 0 Å². The fourth-order valence-electron chi connectivity index (χ4n) is 4.02. The van der Waals surface area contributed by atoms with E-state index in [-0.39, 0.29) is 10.8 Å². The van der Waals surface area contributed by atoms with Gasteiger partial charge >= 0.3 is 0 Å². The van der Waals surface area contributed by atoms with E-state index < -0.39 is 15.6 Å². The quantitative estimate of drug-likeness (QED) is 0.505. The molecule has 0 spiro atoms. The molecule has 1 amide bonds. The largest absolute Gasteiger partial charge is 0.352 e. The number of carbonyl (C=O) groups excluding carboxylic acids is 1. The summed E-state index contributed by atoms with van der Waals surface area (Å²) in [4.78, 5) is 17.5. The van der Waals surface area contributed by atoms with Gasteiger partial charge in [0.05, 0.1) is 4.90 Å². The van der Waals surface area contributed by atoms with E-state index in [9.17, 15) is 13.2 Å². The molecule has 3 rings (SSSR count). The molecule has 2 N–H and O–H groups in total. The van der Waals surface area contributed by atoms with Crippen LogP contribution in [0.4, 0.5) is 0 Å². The Hall–Kier alpha value is -2.26. The number of unbranched alkanes of at least 4 members (excludes halogenated alkanes) is 1. The highest BCUT2D eigenvalue weighted by Crippen LogP contribution is 2.14. The predicted molar refractivity (Wildman–Crippen MR) is 136 cm³/mol. The minimum absolute atomic E-state index is 0.155. The second-order valence-electron chi connectivity index (χ2n) is 9.95. The normalized spacial score (nSPS) is 15.9. The van der Waals surface area contributed by atoms with Crippen LogP contribution in [0.2, 0.25) is 0 Å². The lowest BCUT2D eigenvalue weighted by Crippen LogP contribution is -2.46. The number of rotatable bonds is 10. The number of piperazine rings is 1. The highest BCUT2D eigenvalue weighted by Gasteiger charge is 2.22. The van der Waals surface area contributed by atoms with Crippen LogP contribution in [-0.4, -0.2) is 68.9 Å². The molecular weight excluding hydrogens is 448 g/mol. The van der Waals surface area contributed by atoms with Gasteiger partial charge in [-0.3, -0.25) is 9.69 Å². The van der Waals surface area contributed by atoms with Gasteiger partial charge in [-0.25, -0.2) is 13.1 Å². The summed E-state index contributed by atoms with van der Waals surface area (Å²) in [7, 11) is -3.60. The molecule has 2 aromatic rings. The third-order valence-corrected chi connectivity index (χ3v) is 7.54. The number of carbonyl (C=O) groups is 1. The van der Waals surface area contributed by atoms with Crippen molar-refractivity contribution in [2.45, 2.75) is 50.6 Å².